The molecule has 320 valence electrons. The number of H-pyrrole nitrogens is 2. The van der Waals surface area contributed by atoms with Crippen LogP contribution in [0.2, 0.25) is 0 Å². The minimum atomic E-state index is -0.715. The van der Waals surface area contributed by atoms with E-state index >= 15 is 0 Å². The summed E-state index contributed by atoms with van der Waals surface area (Å²) in [5, 5.41) is 7.62. The van der Waals surface area contributed by atoms with Crippen LogP contribution in [0.25, 0.3) is 44.2 Å². The van der Waals surface area contributed by atoms with Crippen molar-refractivity contribution in [3.05, 3.63) is 72.4 Å². The maximum absolute atomic E-state index is 14.4. The second-order valence-corrected chi connectivity index (χ2v) is 16.7. The third kappa shape index (κ3) is 8.48. The standard InChI is InChI=1S/C46H54N8O7/c1-6-19-53(43(55)38(26(2)3)51-45(57)59-4)25-37-47-24-36(48-37)28-9-7-27(8-10-28)30-12-15-34-31(22-30)13-16-35-40(34)50-42(49-35)41-32-11-14-33(23-32)54(41)44(56)39(52-46(58)60-5)29-17-20-61-21-18-29/h7-10,12-13,15-16,22,24,26,29,32,38-39,41H,6,11,14,17-21,23,25H2,1-5H3,(H3-,47,48,49,50,51,52,57,58)/p+1. The predicted molar refractivity (Wildman–Crippen MR) is 230 cm³/mol. The fourth-order valence-corrected chi connectivity index (χ4v) is 9.35. The summed E-state index contributed by atoms with van der Waals surface area (Å²) in [6.45, 7) is 7.69. The van der Waals surface area contributed by atoms with Gasteiger partial charge in [0.2, 0.25) is 11.9 Å². The Balaban J connectivity index is 0.997. The van der Waals surface area contributed by atoms with E-state index in [0.29, 0.717) is 38.4 Å². The van der Waals surface area contributed by atoms with E-state index in [1.54, 1.807) is 11.1 Å². The molecule has 4 amide bonds. The van der Waals surface area contributed by atoms with Crippen molar-refractivity contribution in [1.29, 1.82) is 0 Å². The van der Waals surface area contributed by atoms with Crippen molar-refractivity contribution in [3.8, 4) is 22.4 Å². The molecule has 1 aliphatic carbocycles. The van der Waals surface area contributed by atoms with E-state index in [1.165, 1.54) is 14.2 Å². The minimum Gasteiger partial charge on any atom is -0.453 e. The van der Waals surface area contributed by atoms with E-state index in [-0.39, 0.29) is 42.2 Å². The highest BCUT2D eigenvalue weighted by Gasteiger charge is 2.54. The molecule has 3 aromatic carbocycles. The molecule has 2 aliphatic heterocycles. The van der Waals surface area contributed by atoms with Gasteiger partial charge < -0.3 is 39.7 Å². The molecule has 2 fully saturated rings. The van der Waals surface area contributed by atoms with Crippen LogP contribution in [-0.2, 0) is 30.3 Å². The van der Waals surface area contributed by atoms with Gasteiger partial charge in [-0.05, 0) is 71.7 Å². The maximum Gasteiger partial charge on any atom is 0.410 e. The molecular formula is C46H55N8O7+. The van der Waals surface area contributed by atoms with Crippen LogP contribution >= 0.6 is 0 Å². The van der Waals surface area contributed by atoms with Crippen LogP contribution in [0.3, 0.4) is 0 Å². The van der Waals surface area contributed by atoms with Crippen LogP contribution in [0.5, 0.6) is 0 Å². The highest BCUT2D eigenvalue weighted by atomic mass is 16.5. The Kier molecular flexibility index (Phi) is 12.2. The molecule has 8 rings (SSSR count). The summed E-state index contributed by atoms with van der Waals surface area (Å²) in [5.74, 6) is 1.21. The van der Waals surface area contributed by atoms with Crippen molar-refractivity contribution >= 4 is 51.5 Å². The number of aromatic amines is 2. The number of nitrogens with zero attached hydrogens (tertiary/aromatic N) is 4. The summed E-state index contributed by atoms with van der Waals surface area (Å²) >= 11 is 0. The molecule has 61 heavy (non-hydrogen) atoms. The maximum atomic E-state index is 14.4. The second kappa shape index (κ2) is 17.9. The van der Waals surface area contributed by atoms with Crippen molar-refractivity contribution in [1.82, 2.24) is 35.5 Å². The number of carbonyl (C=O) groups is 4. The number of amides is 4. The van der Waals surface area contributed by atoms with Gasteiger partial charge in [-0.25, -0.2) is 24.4 Å². The van der Waals surface area contributed by atoms with Crippen molar-refractivity contribution in [2.45, 2.75) is 84.0 Å². The molecule has 5 aromatic rings. The predicted octanol–water partition coefficient (Wildman–Crippen LogP) is 6.88. The zero-order valence-electron chi connectivity index (χ0n) is 35.5. The number of nitrogens with one attached hydrogen (secondary N) is 4. The molecule has 0 radical (unpaired) electrons. The topological polar surface area (TPSA) is 184 Å². The Labute approximate surface area is 354 Å². The molecule has 1 saturated heterocycles. The van der Waals surface area contributed by atoms with Crippen molar-refractivity contribution < 1.29 is 38.0 Å². The summed E-state index contributed by atoms with van der Waals surface area (Å²) in [6, 6.07) is 17.2. The lowest BCUT2D eigenvalue weighted by molar-refractivity contribution is -0.502. The highest BCUT2D eigenvalue weighted by Crippen LogP contribution is 2.44. The average Bonchev–Trinajstić information content (AvgIpc) is 4.11. The number of rotatable bonds is 13. The molecule has 4 N–H and O–H groups in total. The molecule has 0 spiro atoms. The number of fused-ring (bicyclic) bond motifs is 5. The largest absolute Gasteiger partial charge is 0.453 e. The number of ether oxygens (including phenoxy) is 3. The summed E-state index contributed by atoms with van der Waals surface area (Å²) in [6.07, 6.45) is 5.35. The lowest BCUT2D eigenvalue weighted by Gasteiger charge is -2.29. The van der Waals surface area contributed by atoms with Gasteiger partial charge in [0.25, 0.3) is 0 Å². The number of aromatic nitrogens is 4. The van der Waals surface area contributed by atoms with Crippen LogP contribution in [0, 0.1) is 17.8 Å². The van der Waals surface area contributed by atoms with Gasteiger partial charge >= 0.3 is 18.1 Å². The first-order valence-corrected chi connectivity index (χ1v) is 21.4. The fraction of sp³-hybridized carbons (Fsp3) is 0.457. The number of hydrogen-bond acceptors (Lipinski definition) is 9. The average molecular weight is 832 g/mol. The van der Waals surface area contributed by atoms with Gasteiger partial charge in [-0.1, -0.05) is 63.2 Å². The molecule has 4 atom stereocenters. The van der Waals surface area contributed by atoms with E-state index < -0.39 is 24.3 Å². The monoisotopic (exact) mass is 831 g/mol. The Hall–Kier alpha value is -6.09. The molecule has 4 unspecified atom stereocenters. The number of methoxy groups -OCH3 is 2. The lowest BCUT2D eigenvalue weighted by atomic mass is 9.90. The van der Waals surface area contributed by atoms with Gasteiger partial charge in [-0.3, -0.25) is 4.79 Å². The van der Waals surface area contributed by atoms with Crippen LogP contribution in [0.15, 0.2) is 60.8 Å². The number of benzene rings is 3. The Morgan fingerprint density at radius 1 is 0.918 bits per heavy atom. The van der Waals surface area contributed by atoms with Crippen LogP contribution < -0.4 is 10.6 Å². The molecule has 1 saturated carbocycles. The molecule has 15 nitrogen and oxygen atoms in total. The van der Waals surface area contributed by atoms with Gasteiger partial charge in [0.05, 0.1) is 43.7 Å². The Morgan fingerprint density at radius 3 is 2.36 bits per heavy atom. The number of hydrogen-bond donors (Lipinski definition) is 4. The van der Waals surface area contributed by atoms with Crippen LogP contribution in [-0.4, -0.2) is 105 Å². The first kappa shape index (κ1) is 41.6. The summed E-state index contributed by atoms with van der Waals surface area (Å²) in [5.41, 5.74) is 6.78. The molecule has 3 aliphatic rings. The van der Waals surface area contributed by atoms with Gasteiger partial charge in [-0.2, -0.15) is 4.58 Å². The smallest absolute Gasteiger partial charge is 0.410 e. The molecule has 15 heteroatoms. The molecule has 2 aromatic heterocycles. The van der Waals surface area contributed by atoms with E-state index in [9.17, 15) is 19.2 Å². The Morgan fingerprint density at radius 2 is 1.64 bits per heavy atom. The third-order valence-corrected chi connectivity index (χ3v) is 12.5. The first-order chi connectivity index (χ1) is 29.6. The van der Waals surface area contributed by atoms with Crippen LogP contribution in [0.1, 0.15) is 77.0 Å². The highest BCUT2D eigenvalue weighted by molar-refractivity contribution is 6.05. The lowest BCUT2D eigenvalue weighted by Crippen LogP contribution is -2.52. The zero-order valence-corrected chi connectivity index (χ0v) is 35.5. The normalized spacial score (nSPS) is 18.7. The minimum absolute atomic E-state index is 0.0442. The van der Waals surface area contributed by atoms with Crippen molar-refractivity contribution in [2.75, 3.05) is 34.0 Å². The first-order valence-electron chi connectivity index (χ1n) is 21.4. The SMILES string of the molecule is CCCN(Cc1ncc(-c2ccc(-c3ccc4c(ccc5[nH]c(C6C7CCC(=[N+]6C(=O)C(NC(=O)OC)C6CCOCC6)C7)nc54)c3)cc2)[nH]1)C(=O)C(NC(=O)OC)C(C)C. The van der Waals surface area contributed by atoms with Gasteiger partial charge in [-0.15, -0.1) is 0 Å². The van der Waals surface area contributed by atoms with Crippen LogP contribution in [0.4, 0.5) is 9.59 Å². The van der Waals surface area contributed by atoms with E-state index in [4.69, 9.17) is 19.2 Å². The van der Waals surface area contributed by atoms with Crippen molar-refractivity contribution in [2.24, 2.45) is 17.8 Å². The summed E-state index contributed by atoms with van der Waals surface area (Å²) < 4.78 is 17.2. The number of alkyl carbamates (subject to hydrolysis) is 2. The zero-order chi connectivity index (χ0) is 42.8. The van der Waals surface area contributed by atoms with E-state index in [0.717, 1.165) is 81.4 Å². The summed E-state index contributed by atoms with van der Waals surface area (Å²) in [7, 11) is 2.60. The van der Waals surface area contributed by atoms with E-state index in [1.807, 2.05) is 25.3 Å². The second-order valence-electron chi connectivity index (χ2n) is 16.7. The van der Waals surface area contributed by atoms with Crippen molar-refractivity contribution in [3.63, 3.8) is 0 Å². The third-order valence-electron chi connectivity index (χ3n) is 12.5. The quantitative estimate of drug-likeness (QED) is 0.0920. The molecular weight excluding hydrogens is 777 g/mol. The Bertz CT molecular complexity index is 2470. The van der Waals surface area contributed by atoms with Gasteiger partial charge in [0.1, 0.15) is 11.9 Å². The summed E-state index contributed by atoms with van der Waals surface area (Å²) in [4.78, 5) is 70.9. The van der Waals surface area contributed by atoms with E-state index in [2.05, 4.69) is 80.2 Å². The molecule has 2 bridgehead atoms. The number of carbonyl (C=O) groups excluding carboxylic acids is 4. The van der Waals surface area contributed by atoms with Gasteiger partial charge in [0.15, 0.2) is 17.6 Å². The fourth-order valence-electron chi connectivity index (χ4n) is 9.35. The molecule has 4 heterocycles. The van der Waals surface area contributed by atoms with Gasteiger partial charge in [0, 0.05) is 43.9 Å². The number of imidazole rings is 2.